The Kier molecular flexibility index (Phi) is 6.49. The molecule has 1 aromatic carbocycles. The van der Waals surface area contributed by atoms with Gasteiger partial charge >= 0.3 is 0 Å². The first-order chi connectivity index (χ1) is 9.04. The number of rotatable bonds is 6. The Labute approximate surface area is 123 Å². The molecule has 0 aliphatic carbocycles. The van der Waals surface area contributed by atoms with E-state index in [9.17, 15) is 9.18 Å². The van der Waals surface area contributed by atoms with E-state index in [0.717, 1.165) is 12.8 Å². The lowest BCUT2D eigenvalue weighted by atomic mass is 10.0. The highest BCUT2D eigenvalue weighted by Crippen LogP contribution is 2.22. The molecule has 0 N–H and O–H groups in total. The average molecular weight is 330 g/mol. The smallest absolute Gasteiger partial charge is 0.257 e. The summed E-state index contributed by atoms with van der Waals surface area (Å²) in [5.74, 6) is -0.240. The van der Waals surface area contributed by atoms with Gasteiger partial charge < -0.3 is 4.90 Å². The molecule has 0 atom stereocenters. The van der Waals surface area contributed by atoms with Gasteiger partial charge in [-0.15, -0.1) is 0 Å². The maximum absolute atomic E-state index is 13.8. The standard InChI is InChI=1S/C15H21BrFNO/c1-4-11(5-2)10-18(6-3)15(19)14-12(16)8-7-9-13(14)17/h7-9,11H,4-6,10H2,1-3H3. The van der Waals surface area contributed by atoms with Gasteiger partial charge in [0.15, 0.2) is 0 Å². The molecule has 1 rings (SSSR count). The van der Waals surface area contributed by atoms with Gasteiger partial charge in [0.1, 0.15) is 5.82 Å². The van der Waals surface area contributed by atoms with E-state index in [4.69, 9.17) is 0 Å². The fourth-order valence-corrected chi connectivity index (χ4v) is 2.59. The van der Waals surface area contributed by atoms with E-state index >= 15 is 0 Å². The van der Waals surface area contributed by atoms with Gasteiger partial charge in [0, 0.05) is 17.6 Å². The summed E-state index contributed by atoms with van der Waals surface area (Å²) in [4.78, 5) is 14.2. The van der Waals surface area contributed by atoms with Gasteiger partial charge in [-0.3, -0.25) is 4.79 Å². The van der Waals surface area contributed by atoms with Crippen molar-refractivity contribution in [1.82, 2.24) is 4.90 Å². The largest absolute Gasteiger partial charge is 0.339 e. The number of hydrogen-bond donors (Lipinski definition) is 0. The van der Waals surface area contributed by atoms with Gasteiger partial charge in [-0.1, -0.05) is 32.8 Å². The fraction of sp³-hybridized carbons (Fsp3) is 0.533. The minimum Gasteiger partial charge on any atom is -0.339 e. The predicted octanol–water partition coefficient (Wildman–Crippen LogP) is 4.49. The van der Waals surface area contributed by atoms with Crippen molar-refractivity contribution >= 4 is 21.8 Å². The monoisotopic (exact) mass is 329 g/mol. The topological polar surface area (TPSA) is 20.3 Å². The van der Waals surface area contributed by atoms with Crippen LogP contribution in [0.1, 0.15) is 44.0 Å². The van der Waals surface area contributed by atoms with Gasteiger partial charge in [-0.05, 0) is 40.9 Å². The molecule has 0 bridgehead atoms. The van der Waals surface area contributed by atoms with E-state index in [0.29, 0.717) is 23.5 Å². The zero-order valence-electron chi connectivity index (χ0n) is 11.7. The number of nitrogens with zero attached hydrogens (tertiary/aromatic N) is 1. The maximum Gasteiger partial charge on any atom is 0.257 e. The van der Waals surface area contributed by atoms with Gasteiger partial charge in [-0.2, -0.15) is 0 Å². The molecule has 0 saturated carbocycles. The lowest BCUT2D eigenvalue weighted by molar-refractivity contribution is 0.0729. The molecule has 1 amide bonds. The van der Waals surface area contributed by atoms with Crippen LogP contribution in [0.4, 0.5) is 4.39 Å². The van der Waals surface area contributed by atoms with Crippen molar-refractivity contribution in [2.75, 3.05) is 13.1 Å². The Hall–Kier alpha value is -0.900. The summed E-state index contributed by atoms with van der Waals surface area (Å²) >= 11 is 3.26. The zero-order chi connectivity index (χ0) is 14.4. The van der Waals surface area contributed by atoms with Crippen molar-refractivity contribution < 1.29 is 9.18 Å². The molecule has 0 unspecified atom stereocenters. The van der Waals surface area contributed by atoms with Gasteiger partial charge in [0.05, 0.1) is 5.56 Å². The summed E-state index contributed by atoms with van der Waals surface area (Å²) in [6.45, 7) is 7.44. The van der Waals surface area contributed by atoms with Crippen LogP contribution in [0.5, 0.6) is 0 Å². The van der Waals surface area contributed by atoms with E-state index in [1.54, 1.807) is 17.0 Å². The van der Waals surface area contributed by atoms with Crippen molar-refractivity contribution in [3.05, 3.63) is 34.1 Å². The molecule has 0 radical (unpaired) electrons. The first kappa shape index (κ1) is 16.2. The first-order valence-corrected chi connectivity index (χ1v) is 7.57. The minimum absolute atomic E-state index is 0.135. The Bertz CT molecular complexity index is 412. The molecule has 4 heteroatoms. The number of benzene rings is 1. The van der Waals surface area contributed by atoms with Crippen LogP contribution in [-0.4, -0.2) is 23.9 Å². The summed E-state index contributed by atoms with van der Waals surface area (Å²) < 4.78 is 14.3. The van der Waals surface area contributed by atoms with Crippen molar-refractivity contribution in [1.29, 1.82) is 0 Å². The molecule has 0 aliphatic heterocycles. The summed E-state index contributed by atoms with van der Waals surface area (Å²) in [6.07, 6.45) is 2.05. The Morgan fingerprint density at radius 2 is 1.95 bits per heavy atom. The van der Waals surface area contributed by atoms with Crippen LogP contribution >= 0.6 is 15.9 Å². The van der Waals surface area contributed by atoms with Crippen molar-refractivity contribution in [2.45, 2.75) is 33.6 Å². The van der Waals surface area contributed by atoms with E-state index in [2.05, 4.69) is 29.8 Å². The van der Waals surface area contributed by atoms with E-state index in [-0.39, 0.29) is 11.5 Å². The van der Waals surface area contributed by atoms with Crippen LogP contribution < -0.4 is 0 Å². The minimum atomic E-state index is -0.470. The number of carbonyl (C=O) groups is 1. The number of carbonyl (C=O) groups excluding carboxylic acids is 1. The summed E-state index contributed by atoms with van der Waals surface area (Å²) in [5, 5.41) is 0. The van der Waals surface area contributed by atoms with Crippen LogP contribution in [0.25, 0.3) is 0 Å². The molecular weight excluding hydrogens is 309 g/mol. The third kappa shape index (κ3) is 4.03. The molecule has 0 spiro atoms. The van der Waals surface area contributed by atoms with E-state index in [1.807, 2.05) is 6.92 Å². The average Bonchev–Trinajstić information content (AvgIpc) is 2.40. The van der Waals surface area contributed by atoms with E-state index < -0.39 is 5.82 Å². The summed E-state index contributed by atoms with van der Waals surface area (Å²) in [5.41, 5.74) is 0.135. The SMILES string of the molecule is CCC(CC)CN(CC)C(=O)c1c(F)cccc1Br. The lowest BCUT2D eigenvalue weighted by Gasteiger charge is -2.26. The quantitative estimate of drug-likeness (QED) is 0.753. The van der Waals surface area contributed by atoms with Crippen LogP contribution in [0.3, 0.4) is 0 Å². The van der Waals surface area contributed by atoms with Gasteiger partial charge in [0.25, 0.3) is 5.91 Å². The molecule has 0 aromatic heterocycles. The first-order valence-electron chi connectivity index (χ1n) is 6.78. The lowest BCUT2D eigenvalue weighted by Crippen LogP contribution is -2.35. The highest BCUT2D eigenvalue weighted by molar-refractivity contribution is 9.10. The van der Waals surface area contributed by atoms with E-state index in [1.165, 1.54) is 6.07 Å². The van der Waals surface area contributed by atoms with Gasteiger partial charge in [-0.25, -0.2) is 4.39 Å². The normalized spacial score (nSPS) is 10.8. The molecule has 0 heterocycles. The number of amides is 1. The second kappa shape index (κ2) is 7.63. The molecule has 2 nitrogen and oxygen atoms in total. The number of hydrogen-bond acceptors (Lipinski definition) is 1. The van der Waals surface area contributed by atoms with Crippen molar-refractivity contribution in [2.24, 2.45) is 5.92 Å². The Balaban J connectivity index is 2.96. The Morgan fingerprint density at radius 1 is 1.32 bits per heavy atom. The van der Waals surface area contributed by atoms with Crippen molar-refractivity contribution in [3.63, 3.8) is 0 Å². The van der Waals surface area contributed by atoms with Crippen LogP contribution in [0, 0.1) is 11.7 Å². The second-order valence-electron chi connectivity index (χ2n) is 4.62. The molecule has 0 aliphatic rings. The van der Waals surface area contributed by atoms with Crippen molar-refractivity contribution in [3.8, 4) is 0 Å². The molecule has 0 fully saturated rings. The van der Waals surface area contributed by atoms with Crippen LogP contribution in [0.2, 0.25) is 0 Å². The highest BCUT2D eigenvalue weighted by Gasteiger charge is 2.22. The molecule has 106 valence electrons. The number of halogens is 2. The molecule has 19 heavy (non-hydrogen) atoms. The maximum atomic E-state index is 13.8. The van der Waals surface area contributed by atoms with Crippen LogP contribution in [0.15, 0.2) is 22.7 Å². The molecular formula is C15H21BrFNO. The third-order valence-electron chi connectivity index (χ3n) is 3.48. The van der Waals surface area contributed by atoms with Gasteiger partial charge in [0.2, 0.25) is 0 Å². The third-order valence-corrected chi connectivity index (χ3v) is 4.14. The molecule has 0 saturated heterocycles. The Morgan fingerprint density at radius 3 is 2.42 bits per heavy atom. The summed E-state index contributed by atoms with van der Waals surface area (Å²) in [6, 6.07) is 4.61. The zero-order valence-corrected chi connectivity index (χ0v) is 13.3. The van der Waals surface area contributed by atoms with Crippen LogP contribution in [-0.2, 0) is 0 Å². The predicted molar refractivity (Wildman–Crippen MR) is 79.7 cm³/mol. The fourth-order valence-electron chi connectivity index (χ4n) is 2.07. The second-order valence-corrected chi connectivity index (χ2v) is 5.48. The highest BCUT2D eigenvalue weighted by atomic mass is 79.9. The molecule has 1 aromatic rings. The summed E-state index contributed by atoms with van der Waals surface area (Å²) in [7, 11) is 0.